The first-order valence-electron chi connectivity index (χ1n) is 15.2. The first kappa shape index (κ1) is 33.6. The first-order chi connectivity index (χ1) is 22.5. The van der Waals surface area contributed by atoms with Gasteiger partial charge < -0.3 is 29.0 Å². The van der Waals surface area contributed by atoms with Crippen LogP contribution < -0.4 is 24.3 Å². The van der Waals surface area contributed by atoms with Gasteiger partial charge in [0.2, 0.25) is 5.75 Å². The molecule has 9 nitrogen and oxygen atoms in total. The molecule has 1 N–H and O–H groups in total. The lowest BCUT2D eigenvalue weighted by atomic mass is 9.69. The molecule has 246 valence electrons. The van der Waals surface area contributed by atoms with Gasteiger partial charge in [-0.05, 0) is 83.3 Å². The molecule has 3 aromatic carbocycles. The van der Waals surface area contributed by atoms with Crippen molar-refractivity contribution >= 4 is 51.7 Å². The van der Waals surface area contributed by atoms with Gasteiger partial charge in [-0.2, -0.15) is 0 Å². The average Bonchev–Trinajstić information content (AvgIpc) is 3.05. The maximum absolute atomic E-state index is 14.0. The molecule has 0 spiro atoms. The third kappa shape index (κ3) is 7.15. The lowest BCUT2D eigenvalue weighted by Gasteiger charge is -2.36. The van der Waals surface area contributed by atoms with Crippen LogP contribution in [0, 0.1) is 11.3 Å². The van der Waals surface area contributed by atoms with Crippen molar-refractivity contribution < 1.29 is 33.3 Å². The number of methoxy groups -OCH3 is 4. The minimum Gasteiger partial charge on any atom is -0.495 e. The van der Waals surface area contributed by atoms with Crippen molar-refractivity contribution in [2.24, 2.45) is 11.3 Å². The van der Waals surface area contributed by atoms with Crippen molar-refractivity contribution in [3.8, 4) is 23.0 Å². The van der Waals surface area contributed by atoms with E-state index in [1.165, 1.54) is 7.11 Å². The van der Waals surface area contributed by atoms with Crippen LogP contribution in [0.25, 0.3) is 22.6 Å². The quantitative estimate of drug-likeness (QED) is 0.181. The highest BCUT2D eigenvalue weighted by atomic mass is 35.5. The number of fused-ring (bicyclic) bond motifs is 2. The lowest BCUT2D eigenvalue weighted by Crippen LogP contribution is -2.29. The number of carbonyl (C=O) groups is 2. The Balaban J connectivity index is 1.58. The highest BCUT2D eigenvalue weighted by Crippen LogP contribution is 2.46. The molecule has 1 heterocycles. The zero-order valence-corrected chi connectivity index (χ0v) is 28.4. The molecule has 5 rings (SSSR count). The number of hydrogen-bond donors (Lipinski definition) is 1. The van der Waals surface area contributed by atoms with Crippen molar-refractivity contribution in [2.75, 3.05) is 40.4 Å². The number of esters is 1. The smallest absolute Gasteiger partial charge is 0.339 e. The molecule has 0 unspecified atom stereocenters. The summed E-state index contributed by atoms with van der Waals surface area (Å²) in [6.45, 7) is 6.08. The monoisotopic (exact) mass is 658 g/mol. The SMILES string of the molecule is COc1ccc(Cl)cc1NC(=O)COC(=O)c1c2c(nc3ccccc13)/C(=C\c1cc(OC)c(OC)c(OC)c1)C[C@@H](C(C)(C)C)C2. The second-order valence-corrected chi connectivity index (χ2v) is 12.8. The van der Waals surface area contributed by atoms with Gasteiger partial charge in [-0.3, -0.25) is 4.79 Å². The summed E-state index contributed by atoms with van der Waals surface area (Å²) < 4.78 is 27.7. The fraction of sp³-hybridized carbons (Fsp3) is 0.324. The normalized spacial score (nSPS) is 15.1. The number of anilines is 1. The molecule has 1 aliphatic carbocycles. The number of pyridine rings is 1. The van der Waals surface area contributed by atoms with Gasteiger partial charge in [0.1, 0.15) is 5.75 Å². The van der Waals surface area contributed by atoms with Crippen LogP contribution in [0.3, 0.4) is 0 Å². The number of allylic oxidation sites excluding steroid dienone is 1. The number of nitrogens with zero attached hydrogens (tertiary/aromatic N) is 1. The molecule has 4 aromatic rings. The number of hydrogen-bond acceptors (Lipinski definition) is 8. The van der Waals surface area contributed by atoms with Crippen LogP contribution in [-0.4, -0.2) is 51.9 Å². The van der Waals surface area contributed by atoms with Crippen molar-refractivity contribution in [3.05, 3.63) is 82.0 Å². The lowest BCUT2D eigenvalue weighted by molar-refractivity contribution is -0.119. The van der Waals surface area contributed by atoms with E-state index in [0.29, 0.717) is 56.6 Å². The minimum absolute atomic E-state index is 0.0885. The van der Waals surface area contributed by atoms with Crippen LogP contribution in [-0.2, 0) is 16.0 Å². The third-order valence-corrected chi connectivity index (χ3v) is 8.68. The van der Waals surface area contributed by atoms with Crippen LogP contribution in [0.1, 0.15) is 54.4 Å². The van der Waals surface area contributed by atoms with Crippen LogP contribution >= 0.6 is 11.6 Å². The molecular formula is C37H39ClN2O7. The Morgan fingerprint density at radius 3 is 2.23 bits per heavy atom. The molecule has 0 aliphatic heterocycles. The Bertz CT molecular complexity index is 1840. The van der Waals surface area contributed by atoms with Crippen LogP contribution in [0.15, 0.2) is 54.6 Å². The second-order valence-electron chi connectivity index (χ2n) is 12.4. The molecule has 1 aliphatic rings. The molecule has 0 radical (unpaired) electrons. The number of aromatic nitrogens is 1. The van der Waals surface area contributed by atoms with Gasteiger partial charge in [-0.25, -0.2) is 9.78 Å². The molecule has 0 saturated heterocycles. The molecule has 1 amide bonds. The summed E-state index contributed by atoms with van der Waals surface area (Å²) in [5.74, 6) is 1.05. The standard InChI is InChI=1S/C37H39ClN2O7/c1-37(2,3)23-17-22(14-21-15-30(44-5)35(46-7)31(16-21)45-6)34-26(18-23)33(25-10-8-9-11-27(25)40-34)36(42)47-20-32(41)39-28-19-24(38)12-13-29(28)43-4/h8-16,19,23H,17-18,20H2,1-7H3,(H,39,41)/b22-14-/t23-/m1/s1. The first-order valence-corrected chi connectivity index (χ1v) is 15.6. The molecule has 0 fully saturated rings. The number of nitrogens with one attached hydrogen (secondary N) is 1. The average molecular weight is 659 g/mol. The predicted octanol–water partition coefficient (Wildman–Crippen LogP) is 7.87. The minimum atomic E-state index is -0.602. The van der Waals surface area contributed by atoms with Crippen LogP contribution in [0.5, 0.6) is 23.0 Å². The number of ether oxygens (including phenoxy) is 5. The number of carbonyl (C=O) groups excluding carboxylic acids is 2. The number of benzene rings is 3. The summed E-state index contributed by atoms with van der Waals surface area (Å²) in [6.07, 6.45) is 3.40. The van der Waals surface area contributed by atoms with E-state index in [1.807, 2.05) is 36.4 Å². The molecular weight excluding hydrogens is 620 g/mol. The van der Waals surface area contributed by atoms with Gasteiger partial charge in [0.05, 0.1) is 50.9 Å². The van der Waals surface area contributed by atoms with Gasteiger partial charge in [0.15, 0.2) is 18.1 Å². The topological polar surface area (TPSA) is 105 Å². The highest BCUT2D eigenvalue weighted by molar-refractivity contribution is 6.31. The fourth-order valence-electron chi connectivity index (χ4n) is 5.92. The van der Waals surface area contributed by atoms with E-state index in [-0.39, 0.29) is 11.3 Å². The van der Waals surface area contributed by atoms with Crippen molar-refractivity contribution in [1.82, 2.24) is 4.98 Å². The van der Waals surface area contributed by atoms with E-state index >= 15 is 0 Å². The Morgan fingerprint density at radius 2 is 1.60 bits per heavy atom. The Kier molecular flexibility index (Phi) is 9.96. The maximum atomic E-state index is 14.0. The summed E-state index contributed by atoms with van der Waals surface area (Å²) in [4.78, 5) is 32.0. The number of rotatable bonds is 9. The Labute approximate surface area is 279 Å². The van der Waals surface area contributed by atoms with Crippen LogP contribution in [0.4, 0.5) is 5.69 Å². The molecule has 47 heavy (non-hydrogen) atoms. The number of para-hydroxylation sites is 1. The summed E-state index contributed by atoms with van der Waals surface area (Å²) in [6, 6.07) is 16.1. The Morgan fingerprint density at radius 1 is 0.915 bits per heavy atom. The van der Waals surface area contributed by atoms with Gasteiger partial charge in [-0.15, -0.1) is 0 Å². The van der Waals surface area contributed by atoms with Gasteiger partial charge in [0.25, 0.3) is 5.91 Å². The van der Waals surface area contributed by atoms with Gasteiger partial charge >= 0.3 is 5.97 Å². The van der Waals surface area contributed by atoms with Crippen molar-refractivity contribution in [1.29, 1.82) is 0 Å². The second kappa shape index (κ2) is 13.9. The molecule has 1 atom stereocenters. The summed E-state index contributed by atoms with van der Waals surface area (Å²) in [7, 11) is 6.22. The van der Waals surface area contributed by atoms with Crippen molar-refractivity contribution in [3.63, 3.8) is 0 Å². The zero-order chi connectivity index (χ0) is 33.9. The Hall–Kier alpha value is -4.76. The largest absolute Gasteiger partial charge is 0.495 e. The van der Waals surface area contributed by atoms with E-state index in [0.717, 1.165) is 28.8 Å². The van der Waals surface area contributed by atoms with E-state index < -0.39 is 18.5 Å². The van der Waals surface area contributed by atoms with Crippen molar-refractivity contribution in [2.45, 2.75) is 33.6 Å². The summed E-state index contributed by atoms with van der Waals surface area (Å²) >= 11 is 6.12. The fourth-order valence-corrected chi connectivity index (χ4v) is 6.09. The van der Waals surface area contributed by atoms with E-state index in [1.54, 1.807) is 39.5 Å². The highest BCUT2D eigenvalue weighted by Gasteiger charge is 2.35. The van der Waals surface area contributed by atoms with Gasteiger partial charge in [-0.1, -0.05) is 50.6 Å². The molecule has 1 aromatic heterocycles. The molecule has 10 heteroatoms. The van der Waals surface area contributed by atoms with E-state index in [9.17, 15) is 9.59 Å². The van der Waals surface area contributed by atoms with Crippen LogP contribution in [0.2, 0.25) is 5.02 Å². The number of amides is 1. The third-order valence-electron chi connectivity index (χ3n) is 8.44. The van der Waals surface area contributed by atoms with E-state index in [2.05, 4.69) is 32.2 Å². The summed E-state index contributed by atoms with van der Waals surface area (Å²) in [5.41, 5.74) is 4.65. The maximum Gasteiger partial charge on any atom is 0.339 e. The molecule has 0 bridgehead atoms. The molecule has 0 saturated carbocycles. The number of halogens is 1. The van der Waals surface area contributed by atoms with E-state index in [4.69, 9.17) is 40.3 Å². The zero-order valence-electron chi connectivity index (χ0n) is 27.7. The predicted molar refractivity (Wildman–Crippen MR) is 184 cm³/mol. The van der Waals surface area contributed by atoms with Gasteiger partial charge in [0, 0.05) is 10.4 Å². The summed E-state index contributed by atoms with van der Waals surface area (Å²) in [5, 5.41) is 3.81.